The summed E-state index contributed by atoms with van der Waals surface area (Å²) in [6.07, 6.45) is 3.21. The number of allylic oxidation sites excluding steroid dienone is 1. The molecule has 3 nitrogen and oxygen atoms in total. The zero-order valence-corrected chi connectivity index (χ0v) is 14.3. The maximum Gasteiger partial charge on any atom is 0.185 e. The van der Waals surface area contributed by atoms with Gasteiger partial charge in [-0.05, 0) is 60.9 Å². The van der Waals surface area contributed by atoms with Gasteiger partial charge in [-0.2, -0.15) is 0 Å². The van der Waals surface area contributed by atoms with Gasteiger partial charge in [0.1, 0.15) is 0 Å². The van der Waals surface area contributed by atoms with Crippen LogP contribution in [-0.2, 0) is 0 Å². The number of hydrogen-bond donors (Lipinski definition) is 1. The fourth-order valence-electron chi connectivity index (χ4n) is 2.01. The van der Waals surface area contributed by atoms with Crippen LogP contribution in [0, 0.1) is 13.8 Å². The minimum Gasteiger partial charge on any atom is -0.504 e. The molecular formula is C18H17BrO3. The van der Waals surface area contributed by atoms with Crippen molar-refractivity contribution in [2.75, 3.05) is 7.11 Å². The second-order valence-corrected chi connectivity index (χ2v) is 5.90. The second-order valence-electron chi connectivity index (χ2n) is 5.04. The minimum absolute atomic E-state index is 0.0482. The van der Waals surface area contributed by atoms with Crippen LogP contribution in [0.4, 0.5) is 0 Å². The van der Waals surface area contributed by atoms with Crippen molar-refractivity contribution in [2.24, 2.45) is 0 Å². The molecule has 22 heavy (non-hydrogen) atoms. The summed E-state index contributed by atoms with van der Waals surface area (Å²) in [5, 5.41) is 9.68. The summed E-state index contributed by atoms with van der Waals surface area (Å²) >= 11 is 3.36. The summed E-state index contributed by atoms with van der Waals surface area (Å²) in [6.45, 7) is 4.00. The number of hydrogen-bond acceptors (Lipinski definition) is 3. The number of aromatic hydroxyl groups is 1. The van der Waals surface area contributed by atoms with Crippen LogP contribution in [-0.4, -0.2) is 18.0 Å². The van der Waals surface area contributed by atoms with Gasteiger partial charge in [0.05, 0.1) is 7.11 Å². The Balaban J connectivity index is 2.28. The Hall–Kier alpha value is -2.07. The number of rotatable bonds is 4. The fourth-order valence-corrected chi connectivity index (χ4v) is 2.47. The molecule has 0 aromatic heterocycles. The third kappa shape index (κ3) is 3.57. The maximum atomic E-state index is 12.2. The highest BCUT2D eigenvalue weighted by Gasteiger charge is 2.07. The quantitative estimate of drug-likeness (QED) is 0.636. The Morgan fingerprint density at radius 2 is 1.91 bits per heavy atom. The van der Waals surface area contributed by atoms with Gasteiger partial charge < -0.3 is 9.84 Å². The van der Waals surface area contributed by atoms with Gasteiger partial charge in [0.15, 0.2) is 17.3 Å². The van der Waals surface area contributed by atoms with E-state index < -0.39 is 0 Å². The Morgan fingerprint density at radius 3 is 2.55 bits per heavy atom. The van der Waals surface area contributed by atoms with Crippen LogP contribution >= 0.6 is 15.9 Å². The molecule has 0 saturated carbocycles. The topological polar surface area (TPSA) is 46.5 Å². The molecular weight excluding hydrogens is 344 g/mol. The molecule has 0 atom stereocenters. The lowest BCUT2D eigenvalue weighted by atomic mass is 10.0. The molecule has 0 bridgehead atoms. The predicted octanol–water partition coefficient (Wildman–Crippen LogP) is 4.68. The number of phenolic OH excluding ortho intramolecular Hbond substituents is 1. The molecule has 0 radical (unpaired) electrons. The van der Waals surface area contributed by atoms with Crippen LogP contribution < -0.4 is 4.74 Å². The number of ether oxygens (including phenoxy) is 1. The van der Waals surface area contributed by atoms with Gasteiger partial charge in [0.25, 0.3) is 0 Å². The fraction of sp³-hybridized carbons (Fsp3) is 0.167. The van der Waals surface area contributed by atoms with Crippen molar-refractivity contribution in [1.29, 1.82) is 0 Å². The number of halogens is 1. The van der Waals surface area contributed by atoms with E-state index >= 15 is 0 Å². The second kappa shape index (κ2) is 6.79. The van der Waals surface area contributed by atoms with Crippen molar-refractivity contribution in [3.05, 3.63) is 63.1 Å². The number of aryl methyl sites for hydroxylation is 2. The van der Waals surface area contributed by atoms with E-state index in [4.69, 9.17) is 4.74 Å². The van der Waals surface area contributed by atoms with Crippen LogP contribution in [0.2, 0.25) is 0 Å². The standard InChI is InChI=1S/C18H17BrO3/c1-11-4-5-14(8-12(11)2)16(20)7-6-13-9-18(22-3)17(21)10-15(13)19/h4-10,21H,1-3H3/b7-6+. The molecule has 0 aliphatic carbocycles. The summed E-state index contributed by atoms with van der Waals surface area (Å²) in [7, 11) is 1.48. The van der Waals surface area contributed by atoms with Crippen molar-refractivity contribution < 1.29 is 14.6 Å². The van der Waals surface area contributed by atoms with Crippen LogP contribution in [0.1, 0.15) is 27.0 Å². The lowest BCUT2D eigenvalue weighted by Gasteiger charge is -2.06. The van der Waals surface area contributed by atoms with Crippen LogP contribution in [0.5, 0.6) is 11.5 Å². The zero-order valence-electron chi connectivity index (χ0n) is 12.7. The van der Waals surface area contributed by atoms with Gasteiger partial charge in [0, 0.05) is 10.0 Å². The smallest absolute Gasteiger partial charge is 0.185 e. The molecule has 4 heteroatoms. The Bertz CT molecular complexity index is 748. The van der Waals surface area contributed by atoms with Gasteiger partial charge in [-0.25, -0.2) is 0 Å². The molecule has 2 aromatic carbocycles. The molecule has 114 valence electrons. The molecule has 0 saturated heterocycles. The first kappa shape index (κ1) is 16.3. The molecule has 2 rings (SSSR count). The van der Waals surface area contributed by atoms with E-state index in [2.05, 4.69) is 15.9 Å². The molecule has 1 N–H and O–H groups in total. The average molecular weight is 361 g/mol. The number of phenols is 1. The van der Waals surface area contributed by atoms with Gasteiger partial charge >= 0.3 is 0 Å². The highest BCUT2D eigenvalue weighted by atomic mass is 79.9. The third-order valence-electron chi connectivity index (χ3n) is 3.50. The Morgan fingerprint density at radius 1 is 1.18 bits per heavy atom. The summed E-state index contributed by atoms with van der Waals surface area (Å²) in [4.78, 5) is 12.2. The van der Waals surface area contributed by atoms with E-state index in [9.17, 15) is 9.90 Å². The third-order valence-corrected chi connectivity index (χ3v) is 4.19. The molecule has 0 amide bonds. The summed E-state index contributed by atoms with van der Waals surface area (Å²) in [5.41, 5.74) is 3.66. The average Bonchev–Trinajstić information content (AvgIpc) is 2.49. The lowest BCUT2D eigenvalue weighted by molar-refractivity contribution is 0.104. The largest absolute Gasteiger partial charge is 0.504 e. The van der Waals surface area contributed by atoms with Gasteiger partial charge in [0.2, 0.25) is 0 Å². The van der Waals surface area contributed by atoms with E-state index in [1.165, 1.54) is 13.2 Å². The normalized spacial score (nSPS) is 10.9. The molecule has 0 spiro atoms. The number of ketones is 1. The summed E-state index contributed by atoms with van der Waals surface area (Å²) in [6, 6.07) is 8.86. The van der Waals surface area contributed by atoms with E-state index in [-0.39, 0.29) is 11.5 Å². The van der Waals surface area contributed by atoms with Gasteiger partial charge in [-0.1, -0.05) is 28.1 Å². The van der Waals surface area contributed by atoms with Crippen LogP contribution in [0.15, 0.2) is 40.9 Å². The molecule has 0 heterocycles. The SMILES string of the molecule is COc1cc(/C=C/C(=O)c2ccc(C)c(C)c2)c(Br)cc1O. The zero-order chi connectivity index (χ0) is 16.3. The van der Waals surface area contributed by atoms with Crippen molar-refractivity contribution in [3.63, 3.8) is 0 Å². The Labute approximate surface area is 138 Å². The Kier molecular flexibility index (Phi) is 5.03. The number of benzene rings is 2. The summed E-state index contributed by atoms with van der Waals surface area (Å²) < 4.78 is 5.76. The highest BCUT2D eigenvalue weighted by molar-refractivity contribution is 9.10. The number of carbonyl (C=O) groups excluding carboxylic acids is 1. The minimum atomic E-state index is -0.0676. The van der Waals surface area contributed by atoms with E-state index in [1.807, 2.05) is 32.0 Å². The van der Waals surface area contributed by atoms with Gasteiger partial charge in [-0.3, -0.25) is 4.79 Å². The van der Waals surface area contributed by atoms with Crippen LogP contribution in [0.25, 0.3) is 6.08 Å². The first-order valence-corrected chi connectivity index (χ1v) is 7.58. The first-order chi connectivity index (χ1) is 10.4. The molecule has 0 aliphatic rings. The highest BCUT2D eigenvalue weighted by Crippen LogP contribution is 2.33. The molecule has 0 unspecified atom stereocenters. The molecule has 0 fully saturated rings. The first-order valence-electron chi connectivity index (χ1n) is 6.78. The number of carbonyl (C=O) groups is 1. The monoisotopic (exact) mass is 360 g/mol. The van der Waals surface area contributed by atoms with Crippen molar-refractivity contribution in [1.82, 2.24) is 0 Å². The van der Waals surface area contributed by atoms with Gasteiger partial charge in [-0.15, -0.1) is 0 Å². The predicted molar refractivity (Wildman–Crippen MR) is 91.6 cm³/mol. The van der Waals surface area contributed by atoms with Crippen LogP contribution in [0.3, 0.4) is 0 Å². The summed E-state index contributed by atoms with van der Waals surface area (Å²) in [5.74, 6) is 0.343. The van der Waals surface area contributed by atoms with Crippen molar-refractivity contribution in [2.45, 2.75) is 13.8 Å². The van der Waals surface area contributed by atoms with Crippen molar-refractivity contribution >= 4 is 27.8 Å². The molecule has 0 aliphatic heterocycles. The maximum absolute atomic E-state index is 12.2. The van der Waals surface area contributed by atoms with E-state index in [0.717, 1.165) is 16.7 Å². The number of methoxy groups -OCH3 is 1. The van der Waals surface area contributed by atoms with E-state index in [0.29, 0.717) is 15.8 Å². The lowest BCUT2D eigenvalue weighted by Crippen LogP contribution is -1.96. The molecule has 2 aromatic rings. The van der Waals surface area contributed by atoms with Crippen molar-refractivity contribution in [3.8, 4) is 11.5 Å². The van der Waals surface area contributed by atoms with E-state index in [1.54, 1.807) is 18.2 Å².